The van der Waals surface area contributed by atoms with Gasteiger partial charge in [-0.1, -0.05) is 36.4 Å². The van der Waals surface area contributed by atoms with Crippen molar-refractivity contribution in [1.82, 2.24) is 19.4 Å². The number of halogens is 2. The number of nitrogens with zero attached hydrogens (tertiary/aromatic N) is 4. The Hall–Kier alpha value is -3.27. The van der Waals surface area contributed by atoms with Crippen molar-refractivity contribution in [3.63, 3.8) is 0 Å². The lowest BCUT2D eigenvalue weighted by atomic mass is 9.96. The highest BCUT2D eigenvalue weighted by Crippen LogP contribution is 2.45. The van der Waals surface area contributed by atoms with Gasteiger partial charge in [-0.05, 0) is 19.1 Å². The summed E-state index contributed by atoms with van der Waals surface area (Å²) in [6, 6.07) is 3.25. The van der Waals surface area contributed by atoms with E-state index < -0.39 is 0 Å². The van der Waals surface area contributed by atoms with Crippen LogP contribution in [0.5, 0.6) is 11.5 Å². The van der Waals surface area contributed by atoms with Crippen molar-refractivity contribution in [1.29, 1.82) is 0 Å². The molecule has 196 valence electrons. The number of aromatic nitrogens is 3. The Kier molecular flexibility index (Phi) is 7.68. The van der Waals surface area contributed by atoms with Crippen molar-refractivity contribution >= 4 is 40.2 Å². The average molecular weight is 546 g/mol. The number of ether oxygens (including phenoxy) is 3. The fourth-order valence-corrected chi connectivity index (χ4v) is 5.06. The van der Waals surface area contributed by atoms with E-state index >= 15 is 0 Å². The van der Waals surface area contributed by atoms with Crippen LogP contribution in [0.3, 0.4) is 0 Å². The predicted molar refractivity (Wildman–Crippen MR) is 147 cm³/mol. The molecular formula is C26H29Cl2N5O4. The molecule has 37 heavy (non-hydrogen) atoms. The molecule has 0 spiro atoms. The van der Waals surface area contributed by atoms with Crippen LogP contribution in [0, 0.1) is 0 Å². The van der Waals surface area contributed by atoms with Gasteiger partial charge in [0.15, 0.2) is 0 Å². The predicted octanol–water partition coefficient (Wildman–Crippen LogP) is 4.61. The molecule has 0 unspecified atom stereocenters. The lowest BCUT2D eigenvalue weighted by Gasteiger charge is -2.49. The molecule has 1 N–H and O–H groups in total. The van der Waals surface area contributed by atoms with Crippen LogP contribution in [0.25, 0.3) is 22.2 Å². The molecule has 4 rings (SSSR count). The van der Waals surface area contributed by atoms with E-state index in [0.29, 0.717) is 47.1 Å². The molecule has 0 radical (unpaired) electrons. The molecule has 1 fully saturated rings. The lowest BCUT2D eigenvalue weighted by molar-refractivity contribution is -0.120. The molecule has 11 heteroatoms. The number of rotatable bonds is 10. The van der Waals surface area contributed by atoms with Crippen LogP contribution in [0.1, 0.15) is 6.92 Å². The Labute approximate surface area is 225 Å². The second kappa shape index (κ2) is 10.6. The molecule has 3 heterocycles. The van der Waals surface area contributed by atoms with E-state index in [0.717, 1.165) is 5.70 Å². The third-order valence-corrected chi connectivity index (χ3v) is 7.10. The van der Waals surface area contributed by atoms with Crippen molar-refractivity contribution < 1.29 is 14.2 Å². The average Bonchev–Trinajstić information content (AvgIpc) is 2.88. The summed E-state index contributed by atoms with van der Waals surface area (Å²) in [7, 11) is 4.67. The van der Waals surface area contributed by atoms with Crippen LogP contribution >= 0.6 is 23.2 Å². The van der Waals surface area contributed by atoms with Crippen LogP contribution in [0.4, 0.5) is 5.95 Å². The molecule has 2 aromatic heterocycles. The monoisotopic (exact) mass is 545 g/mol. The largest absolute Gasteiger partial charge is 0.495 e. The van der Waals surface area contributed by atoms with Gasteiger partial charge in [0.1, 0.15) is 22.7 Å². The minimum Gasteiger partial charge on any atom is -0.495 e. The van der Waals surface area contributed by atoms with E-state index in [-0.39, 0.29) is 39.9 Å². The van der Waals surface area contributed by atoms with Gasteiger partial charge in [-0.3, -0.25) is 9.36 Å². The van der Waals surface area contributed by atoms with E-state index in [9.17, 15) is 4.79 Å². The van der Waals surface area contributed by atoms with E-state index in [1.807, 2.05) is 6.92 Å². The second-order valence-corrected chi connectivity index (χ2v) is 9.63. The van der Waals surface area contributed by atoms with Crippen molar-refractivity contribution in [2.45, 2.75) is 19.1 Å². The Balaban J connectivity index is 1.77. The van der Waals surface area contributed by atoms with E-state index in [4.69, 9.17) is 37.4 Å². The summed E-state index contributed by atoms with van der Waals surface area (Å²) >= 11 is 13.3. The van der Waals surface area contributed by atoms with Gasteiger partial charge in [-0.25, -0.2) is 4.98 Å². The molecular weight excluding hydrogens is 517 g/mol. The summed E-state index contributed by atoms with van der Waals surface area (Å²) < 4.78 is 18.5. The van der Waals surface area contributed by atoms with Gasteiger partial charge < -0.3 is 24.4 Å². The summed E-state index contributed by atoms with van der Waals surface area (Å²) in [6.07, 6.45) is 3.36. The van der Waals surface area contributed by atoms with Crippen molar-refractivity contribution in [3.05, 3.63) is 63.7 Å². The van der Waals surface area contributed by atoms with Gasteiger partial charge in [0.25, 0.3) is 5.56 Å². The van der Waals surface area contributed by atoms with Crippen LogP contribution < -0.4 is 20.3 Å². The number of fused-ring (bicyclic) bond motifs is 1. The molecule has 0 aliphatic carbocycles. The summed E-state index contributed by atoms with van der Waals surface area (Å²) in [5.74, 6) is 1.05. The number of hydrogen-bond donors (Lipinski definition) is 1. The minimum atomic E-state index is -0.360. The molecule has 0 saturated carbocycles. The maximum Gasteiger partial charge on any atom is 0.260 e. The second-order valence-electron chi connectivity index (χ2n) is 8.87. The van der Waals surface area contributed by atoms with Crippen molar-refractivity contribution in [3.8, 4) is 22.6 Å². The fourth-order valence-electron chi connectivity index (χ4n) is 4.36. The number of nitrogens with one attached hydrogen (secondary N) is 1. The molecule has 9 nitrogen and oxygen atoms in total. The number of hydrogen-bond acceptors (Lipinski definition) is 8. The third kappa shape index (κ3) is 4.99. The fraction of sp³-hybridized carbons (Fsp3) is 0.346. The molecule has 0 bridgehead atoms. The van der Waals surface area contributed by atoms with Gasteiger partial charge in [0.05, 0.1) is 43.0 Å². The molecule has 1 aliphatic rings. The topological polar surface area (TPSA) is 90.7 Å². The Morgan fingerprint density at radius 3 is 2.43 bits per heavy atom. The Morgan fingerprint density at radius 1 is 1.22 bits per heavy atom. The Morgan fingerprint density at radius 2 is 1.86 bits per heavy atom. The zero-order valence-corrected chi connectivity index (χ0v) is 22.7. The third-order valence-electron chi connectivity index (χ3n) is 6.35. The zero-order valence-electron chi connectivity index (χ0n) is 21.2. The Bertz CT molecular complexity index is 1400. The number of methoxy groups -OCH3 is 2. The molecule has 0 atom stereocenters. The smallest absolute Gasteiger partial charge is 0.260 e. The van der Waals surface area contributed by atoms with E-state index in [2.05, 4.69) is 33.3 Å². The molecule has 1 aliphatic heterocycles. The highest BCUT2D eigenvalue weighted by Gasteiger charge is 2.39. The summed E-state index contributed by atoms with van der Waals surface area (Å²) in [5.41, 5.74) is 1.19. The quantitative estimate of drug-likeness (QED) is 0.369. The molecule has 1 saturated heterocycles. The van der Waals surface area contributed by atoms with Gasteiger partial charge in [0, 0.05) is 49.0 Å². The maximum absolute atomic E-state index is 13.9. The highest BCUT2D eigenvalue weighted by molar-refractivity contribution is 6.41. The standard InChI is InChI=1S/C26H29Cl2N5O4/c1-7-15(2)32-13-26(3,14-32)37-9-8-33-23-16(12-30-25(29-4)31-23)10-17(24(33)34)20-21(27)18(35-5)11-19(36-6)22(20)28/h7,10-12H,1-2,8-9,13-14H2,3-6H3,(H,29,30,31). The number of anilines is 1. The first-order chi connectivity index (χ1) is 17.7. The minimum absolute atomic E-state index is 0.199. The first-order valence-electron chi connectivity index (χ1n) is 11.5. The van der Waals surface area contributed by atoms with Crippen LogP contribution in [0.2, 0.25) is 10.0 Å². The van der Waals surface area contributed by atoms with Gasteiger partial charge in [-0.2, -0.15) is 4.98 Å². The maximum atomic E-state index is 13.9. The van der Waals surface area contributed by atoms with Crippen LogP contribution in [-0.4, -0.2) is 66.0 Å². The number of likely N-dealkylation sites (tertiary alicyclic amines) is 1. The zero-order chi connectivity index (χ0) is 26.9. The lowest BCUT2D eigenvalue weighted by Crippen LogP contribution is -2.60. The van der Waals surface area contributed by atoms with Gasteiger partial charge in [-0.15, -0.1) is 0 Å². The molecule has 3 aromatic rings. The SMILES string of the molecule is C=CC(=C)N1CC(C)(OCCn2c(=O)c(-c3c(Cl)c(OC)cc(OC)c3Cl)cc3cnc(NC)nc32)C1. The van der Waals surface area contributed by atoms with Crippen molar-refractivity contribution in [2.75, 3.05) is 46.3 Å². The highest BCUT2D eigenvalue weighted by atomic mass is 35.5. The van der Waals surface area contributed by atoms with Gasteiger partial charge in [0.2, 0.25) is 5.95 Å². The van der Waals surface area contributed by atoms with E-state index in [1.54, 1.807) is 36.0 Å². The summed E-state index contributed by atoms with van der Waals surface area (Å²) in [6.45, 7) is 11.7. The van der Waals surface area contributed by atoms with Crippen LogP contribution in [-0.2, 0) is 11.3 Å². The number of benzene rings is 1. The summed E-state index contributed by atoms with van der Waals surface area (Å²) in [5, 5.41) is 3.94. The van der Waals surface area contributed by atoms with Crippen LogP contribution in [0.15, 0.2) is 48.1 Å². The molecule has 0 amide bonds. The van der Waals surface area contributed by atoms with E-state index in [1.165, 1.54) is 14.2 Å². The molecule has 1 aromatic carbocycles. The number of pyridine rings is 1. The normalized spacial score (nSPS) is 14.3. The van der Waals surface area contributed by atoms with Gasteiger partial charge >= 0.3 is 0 Å². The first kappa shape index (κ1) is 26.8. The number of allylic oxidation sites excluding steroid dienone is 1. The first-order valence-corrected chi connectivity index (χ1v) is 12.3. The summed E-state index contributed by atoms with van der Waals surface area (Å²) in [4.78, 5) is 24.8. The van der Waals surface area contributed by atoms with Crippen molar-refractivity contribution in [2.24, 2.45) is 0 Å².